The quantitative estimate of drug-likeness (QED) is 0.156. The summed E-state index contributed by atoms with van der Waals surface area (Å²) in [6.07, 6.45) is 22.8. The molecule has 31 heavy (non-hydrogen) atoms. The molecular weight excluding hydrogens is 376 g/mol. The summed E-state index contributed by atoms with van der Waals surface area (Å²) in [5, 5.41) is 0. The molecule has 0 spiro atoms. The van der Waals surface area contributed by atoms with Crippen molar-refractivity contribution in [3.63, 3.8) is 0 Å². The minimum atomic E-state index is 0.326. The van der Waals surface area contributed by atoms with E-state index < -0.39 is 0 Å². The van der Waals surface area contributed by atoms with E-state index in [0.29, 0.717) is 12.0 Å². The Morgan fingerprint density at radius 2 is 1.94 bits per heavy atom. The lowest BCUT2D eigenvalue weighted by Crippen LogP contribution is -2.36. The summed E-state index contributed by atoms with van der Waals surface area (Å²) in [6, 6.07) is 11.0. The maximum absolute atomic E-state index is 3.97. The second-order valence-corrected chi connectivity index (χ2v) is 8.32. The van der Waals surface area contributed by atoms with Crippen LogP contribution in [0.2, 0.25) is 0 Å². The molecule has 0 amide bonds. The van der Waals surface area contributed by atoms with Crippen LogP contribution < -0.4 is 0 Å². The average Bonchev–Trinajstić information content (AvgIpc) is 2.79. The van der Waals surface area contributed by atoms with Crippen LogP contribution in [0, 0.1) is 5.92 Å². The maximum atomic E-state index is 3.97. The molecule has 0 N–H and O–H groups in total. The van der Waals surface area contributed by atoms with Crippen molar-refractivity contribution >= 4 is 12.3 Å². The van der Waals surface area contributed by atoms with Crippen LogP contribution in [-0.2, 0) is 0 Å². The Kier molecular flexibility index (Phi) is 10.6. The first-order valence-corrected chi connectivity index (χ1v) is 11.4. The second kappa shape index (κ2) is 13.4. The van der Waals surface area contributed by atoms with Crippen LogP contribution in [0.15, 0.2) is 101 Å². The number of unbranched alkanes of at least 4 members (excludes halogenated alkanes) is 1. The number of hydrogen-bond donors (Lipinski definition) is 0. The molecule has 0 fully saturated rings. The predicted octanol–water partition coefficient (Wildman–Crippen LogP) is 7.76. The molecule has 0 radical (unpaired) electrons. The van der Waals surface area contributed by atoms with E-state index in [4.69, 9.17) is 0 Å². The Morgan fingerprint density at radius 1 is 1.19 bits per heavy atom. The van der Waals surface area contributed by atoms with E-state index in [0.717, 1.165) is 25.8 Å². The normalized spacial score (nSPS) is 17.6. The predicted molar refractivity (Wildman–Crippen MR) is 138 cm³/mol. The largest absolute Gasteiger partial charge is 0.365 e. The van der Waals surface area contributed by atoms with E-state index in [1.165, 1.54) is 22.3 Å². The molecule has 2 rings (SSSR count). The van der Waals surface area contributed by atoms with E-state index in [-0.39, 0.29) is 0 Å². The van der Waals surface area contributed by atoms with Gasteiger partial charge in [-0.1, -0.05) is 92.3 Å². The highest BCUT2D eigenvalue weighted by Gasteiger charge is 2.25. The Bertz CT molecular complexity index is 863. The fourth-order valence-electron chi connectivity index (χ4n) is 3.85. The summed E-state index contributed by atoms with van der Waals surface area (Å²) in [6.45, 7) is 13.3. The summed E-state index contributed by atoms with van der Waals surface area (Å²) < 4.78 is 0. The topological polar surface area (TPSA) is 15.6 Å². The number of rotatable bonds is 11. The summed E-state index contributed by atoms with van der Waals surface area (Å²) in [7, 11) is 0. The van der Waals surface area contributed by atoms with Gasteiger partial charge >= 0.3 is 0 Å². The molecule has 1 aromatic rings. The third-order valence-corrected chi connectivity index (χ3v) is 5.49. The highest BCUT2D eigenvalue weighted by atomic mass is 15.1. The van der Waals surface area contributed by atoms with Gasteiger partial charge in [0.15, 0.2) is 0 Å². The highest BCUT2D eigenvalue weighted by molar-refractivity contribution is 5.76. The monoisotopic (exact) mass is 414 g/mol. The molecular formula is C29H38N2. The Hall–Kier alpha value is -2.87. The van der Waals surface area contributed by atoms with E-state index in [2.05, 4.69) is 123 Å². The molecule has 164 valence electrons. The molecule has 1 atom stereocenters. The minimum Gasteiger partial charge on any atom is -0.365 e. The molecule has 0 bridgehead atoms. The van der Waals surface area contributed by atoms with Crippen LogP contribution >= 0.6 is 0 Å². The van der Waals surface area contributed by atoms with Gasteiger partial charge in [-0.15, -0.1) is 0 Å². The van der Waals surface area contributed by atoms with Gasteiger partial charge in [0.25, 0.3) is 0 Å². The van der Waals surface area contributed by atoms with Gasteiger partial charge in [-0.25, -0.2) is 0 Å². The summed E-state index contributed by atoms with van der Waals surface area (Å²) in [5.41, 5.74) is 5.40. The molecule has 2 nitrogen and oxygen atoms in total. The summed E-state index contributed by atoms with van der Waals surface area (Å²) >= 11 is 0. The number of allylic oxidation sites excluding steroid dienone is 7. The van der Waals surface area contributed by atoms with Crippen LogP contribution in [0.4, 0.5) is 0 Å². The third-order valence-electron chi connectivity index (χ3n) is 5.49. The van der Waals surface area contributed by atoms with E-state index >= 15 is 0 Å². The summed E-state index contributed by atoms with van der Waals surface area (Å²) in [5.74, 6) is 0.473. The maximum Gasteiger partial charge on any atom is 0.0541 e. The van der Waals surface area contributed by atoms with E-state index in [1.807, 2.05) is 0 Å². The van der Waals surface area contributed by atoms with Crippen molar-refractivity contribution in [2.75, 3.05) is 6.54 Å². The third kappa shape index (κ3) is 8.05. The first-order chi connectivity index (χ1) is 15.1. The summed E-state index contributed by atoms with van der Waals surface area (Å²) in [4.78, 5) is 6.37. The second-order valence-electron chi connectivity index (χ2n) is 8.32. The zero-order chi connectivity index (χ0) is 22.5. The van der Waals surface area contributed by atoms with Gasteiger partial charge in [0, 0.05) is 18.9 Å². The van der Waals surface area contributed by atoms with Gasteiger partial charge in [0.2, 0.25) is 0 Å². The number of nitrogens with zero attached hydrogens (tertiary/aromatic N) is 2. The lowest BCUT2D eigenvalue weighted by molar-refractivity contribution is 0.315. The van der Waals surface area contributed by atoms with Crippen molar-refractivity contribution in [1.29, 1.82) is 0 Å². The number of benzene rings is 1. The molecule has 0 saturated carbocycles. The number of hydrogen-bond acceptors (Lipinski definition) is 2. The van der Waals surface area contributed by atoms with Gasteiger partial charge in [-0.05, 0) is 62.5 Å². The van der Waals surface area contributed by atoms with E-state index in [9.17, 15) is 0 Å². The lowest BCUT2D eigenvalue weighted by Gasteiger charge is -2.36. The zero-order valence-corrected chi connectivity index (χ0v) is 19.7. The molecule has 0 aromatic heterocycles. The smallest absolute Gasteiger partial charge is 0.0541 e. The highest BCUT2D eigenvalue weighted by Crippen LogP contribution is 2.32. The molecule has 2 heteroatoms. The fourth-order valence-corrected chi connectivity index (χ4v) is 3.85. The Labute approximate surface area is 189 Å². The van der Waals surface area contributed by atoms with Crippen LogP contribution in [0.1, 0.15) is 52.5 Å². The first kappa shape index (κ1) is 24.4. The van der Waals surface area contributed by atoms with Gasteiger partial charge in [0.05, 0.1) is 6.04 Å². The van der Waals surface area contributed by atoms with Gasteiger partial charge in [0.1, 0.15) is 0 Å². The van der Waals surface area contributed by atoms with Crippen LogP contribution in [0.5, 0.6) is 0 Å². The van der Waals surface area contributed by atoms with Gasteiger partial charge in [-0.2, -0.15) is 0 Å². The van der Waals surface area contributed by atoms with Crippen LogP contribution in [0.3, 0.4) is 0 Å². The minimum absolute atomic E-state index is 0.326. The molecule has 1 aromatic carbocycles. The van der Waals surface area contributed by atoms with Crippen LogP contribution in [0.25, 0.3) is 5.57 Å². The van der Waals surface area contributed by atoms with E-state index in [1.54, 1.807) is 6.20 Å². The Balaban J connectivity index is 2.19. The SMILES string of the molecule is C=N/C=C\N(C/C(C)=C/C=C\CCC=CC)C1CC=C(c2ccccc2)C=C1C(C)C. The van der Waals surface area contributed by atoms with Crippen molar-refractivity contribution < 1.29 is 0 Å². The average molecular weight is 415 g/mol. The molecule has 1 aliphatic rings. The van der Waals surface area contributed by atoms with Crippen molar-refractivity contribution in [3.05, 3.63) is 102 Å². The van der Waals surface area contributed by atoms with Crippen LogP contribution in [-0.4, -0.2) is 24.2 Å². The molecule has 0 saturated heterocycles. The van der Waals surface area contributed by atoms with Gasteiger partial charge in [-0.3, -0.25) is 4.99 Å². The molecule has 0 heterocycles. The molecule has 1 aliphatic carbocycles. The lowest BCUT2D eigenvalue weighted by atomic mass is 9.84. The van der Waals surface area contributed by atoms with Crippen molar-refractivity contribution in [3.8, 4) is 0 Å². The standard InChI is InChI=1S/C29H38N2/c1-6-7-8-9-10-12-15-25(4)23-31(21-20-30-5)29-19-18-27(22-28(29)24(2)3)26-16-13-11-14-17-26/h6-7,10-18,20-22,24,29H,5,8-9,19,23H2,1-4H3/b7-6?,12-10-,21-20-,25-15+. The van der Waals surface area contributed by atoms with Crippen molar-refractivity contribution in [2.45, 2.75) is 53.0 Å². The van der Waals surface area contributed by atoms with Crippen molar-refractivity contribution in [2.24, 2.45) is 10.9 Å². The number of aliphatic imine (C=N–C) groups is 1. The first-order valence-electron chi connectivity index (χ1n) is 11.4. The molecule has 1 unspecified atom stereocenters. The van der Waals surface area contributed by atoms with Crippen molar-refractivity contribution in [1.82, 2.24) is 4.90 Å². The molecule has 0 aliphatic heterocycles. The zero-order valence-electron chi connectivity index (χ0n) is 19.7. The van der Waals surface area contributed by atoms with Gasteiger partial charge < -0.3 is 4.90 Å². The Morgan fingerprint density at radius 3 is 2.61 bits per heavy atom. The fraction of sp³-hybridized carbons (Fsp3) is 0.345.